The van der Waals surface area contributed by atoms with Crippen LogP contribution in [-0.2, 0) is 17.8 Å². The van der Waals surface area contributed by atoms with Crippen LogP contribution in [-0.4, -0.2) is 22.8 Å². The number of benzene rings is 1. The maximum absolute atomic E-state index is 10.7. The van der Waals surface area contributed by atoms with E-state index in [0.717, 1.165) is 28.8 Å². The molecule has 0 radical (unpaired) electrons. The highest BCUT2D eigenvalue weighted by Crippen LogP contribution is 2.26. The van der Waals surface area contributed by atoms with Crippen LogP contribution < -0.4 is 4.74 Å². The van der Waals surface area contributed by atoms with Gasteiger partial charge in [0.15, 0.2) is 0 Å². The molecular weight excluding hydrogens is 230 g/mol. The third-order valence-electron chi connectivity index (χ3n) is 3.12. The lowest BCUT2D eigenvalue weighted by atomic mass is 10.1. The fourth-order valence-corrected chi connectivity index (χ4v) is 2.18. The van der Waals surface area contributed by atoms with Gasteiger partial charge in [-0.2, -0.15) is 0 Å². The molecule has 2 rings (SSSR count). The van der Waals surface area contributed by atoms with E-state index in [0.29, 0.717) is 6.42 Å². The number of methoxy groups -OCH3 is 1. The summed E-state index contributed by atoms with van der Waals surface area (Å²) < 4.78 is 7.34. The predicted octanol–water partition coefficient (Wildman–Crippen LogP) is 2.69. The van der Waals surface area contributed by atoms with Gasteiger partial charge in [0, 0.05) is 30.6 Å². The summed E-state index contributed by atoms with van der Waals surface area (Å²) >= 11 is 0. The molecule has 0 bridgehead atoms. The minimum Gasteiger partial charge on any atom is -0.497 e. The van der Waals surface area contributed by atoms with Gasteiger partial charge < -0.3 is 14.4 Å². The van der Waals surface area contributed by atoms with Crippen molar-refractivity contribution in [3.63, 3.8) is 0 Å². The summed E-state index contributed by atoms with van der Waals surface area (Å²) in [4.78, 5) is 10.7. The normalized spacial score (nSPS) is 10.8. The third-order valence-corrected chi connectivity index (χ3v) is 3.12. The molecule has 2 aromatic rings. The number of hydrogen-bond acceptors (Lipinski definition) is 2. The monoisotopic (exact) mass is 247 g/mol. The second-order valence-corrected chi connectivity index (χ2v) is 4.22. The molecule has 0 saturated heterocycles. The summed E-state index contributed by atoms with van der Waals surface area (Å²) in [5, 5.41) is 9.88. The molecule has 0 aliphatic heterocycles. The van der Waals surface area contributed by atoms with Crippen molar-refractivity contribution in [3.8, 4) is 5.75 Å². The lowest BCUT2D eigenvalue weighted by molar-refractivity contribution is -0.136. The number of carboxylic acid groups (broad SMARTS) is 1. The van der Waals surface area contributed by atoms with Crippen LogP contribution in [0, 0.1) is 0 Å². The van der Waals surface area contributed by atoms with Crippen LogP contribution in [0.5, 0.6) is 5.75 Å². The van der Waals surface area contributed by atoms with Gasteiger partial charge in [-0.15, -0.1) is 0 Å². The van der Waals surface area contributed by atoms with E-state index in [-0.39, 0.29) is 6.42 Å². The maximum atomic E-state index is 10.7. The minimum absolute atomic E-state index is 0.162. The van der Waals surface area contributed by atoms with Gasteiger partial charge in [0.25, 0.3) is 0 Å². The fourth-order valence-electron chi connectivity index (χ4n) is 2.18. The number of aliphatic carboxylic acids is 1. The fraction of sp³-hybridized carbons (Fsp3) is 0.357. The molecule has 0 aliphatic carbocycles. The molecule has 4 heteroatoms. The van der Waals surface area contributed by atoms with Crippen molar-refractivity contribution in [2.24, 2.45) is 0 Å². The minimum atomic E-state index is -0.763. The van der Waals surface area contributed by atoms with E-state index in [1.807, 2.05) is 24.4 Å². The zero-order valence-electron chi connectivity index (χ0n) is 10.6. The molecule has 0 spiro atoms. The van der Waals surface area contributed by atoms with Crippen LogP contribution in [0.2, 0.25) is 0 Å². The van der Waals surface area contributed by atoms with Gasteiger partial charge in [0.2, 0.25) is 0 Å². The first kappa shape index (κ1) is 12.5. The lowest BCUT2D eigenvalue weighted by Gasteiger charge is -2.03. The Labute approximate surface area is 106 Å². The van der Waals surface area contributed by atoms with Crippen LogP contribution in [0.3, 0.4) is 0 Å². The summed E-state index contributed by atoms with van der Waals surface area (Å²) in [5.41, 5.74) is 2.18. The van der Waals surface area contributed by atoms with E-state index in [1.54, 1.807) is 7.11 Å². The Hall–Kier alpha value is -1.97. The van der Waals surface area contributed by atoms with Gasteiger partial charge in [-0.3, -0.25) is 4.79 Å². The molecule has 0 aliphatic rings. The first-order chi connectivity index (χ1) is 8.65. The molecule has 0 atom stereocenters. The van der Waals surface area contributed by atoms with Crippen LogP contribution in [0.15, 0.2) is 24.4 Å². The summed E-state index contributed by atoms with van der Waals surface area (Å²) in [6.07, 6.45) is 2.76. The van der Waals surface area contributed by atoms with E-state index in [9.17, 15) is 4.79 Å². The number of nitrogens with zero attached hydrogens (tertiary/aromatic N) is 1. The zero-order chi connectivity index (χ0) is 13.1. The standard InChI is InChI=1S/C14H17NO3/c1-3-15-9-10(4-7-14(16)17)12-6-5-11(18-2)8-13(12)15/h5-6,8-9H,3-4,7H2,1-2H3,(H,16,17). The molecule has 0 saturated carbocycles. The highest BCUT2D eigenvalue weighted by atomic mass is 16.5. The number of fused-ring (bicyclic) bond motifs is 1. The third kappa shape index (κ3) is 2.32. The average Bonchev–Trinajstić information content (AvgIpc) is 2.73. The second-order valence-electron chi connectivity index (χ2n) is 4.22. The van der Waals surface area contributed by atoms with Gasteiger partial charge in [-0.25, -0.2) is 0 Å². The quantitative estimate of drug-likeness (QED) is 0.883. The van der Waals surface area contributed by atoms with Gasteiger partial charge in [0.05, 0.1) is 12.6 Å². The van der Waals surface area contributed by atoms with Gasteiger partial charge in [-0.1, -0.05) is 0 Å². The number of hydrogen-bond donors (Lipinski definition) is 1. The van der Waals surface area contributed by atoms with Crippen molar-refractivity contribution in [1.82, 2.24) is 4.57 Å². The Balaban J connectivity index is 2.45. The summed E-state index contributed by atoms with van der Waals surface area (Å²) in [6, 6.07) is 5.90. The zero-order valence-corrected chi connectivity index (χ0v) is 10.6. The largest absolute Gasteiger partial charge is 0.497 e. The Morgan fingerprint density at radius 3 is 2.83 bits per heavy atom. The average molecular weight is 247 g/mol. The molecule has 1 heterocycles. The number of ether oxygens (including phenoxy) is 1. The first-order valence-corrected chi connectivity index (χ1v) is 6.03. The molecule has 96 valence electrons. The highest BCUT2D eigenvalue weighted by Gasteiger charge is 2.10. The molecule has 0 fully saturated rings. The van der Waals surface area contributed by atoms with Crippen LogP contribution >= 0.6 is 0 Å². The highest BCUT2D eigenvalue weighted by molar-refractivity contribution is 5.85. The van der Waals surface area contributed by atoms with E-state index in [1.165, 1.54) is 0 Å². The molecule has 0 unspecified atom stereocenters. The van der Waals surface area contributed by atoms with Gasteiger partial charge in [-0.05, 0) is 31.0 Å². The maximum Gasteiger partial charge on any atom is 0.303 e. The van der Waals surface area contributed by atoms with Crippen molar-refractivity contribution in [1.29, 1.82) is 0 Å². The molecule has 18 heavy (non-hydrogen) atoms. The Morgan fingerprint density at radius 1 is 1.44 bits per heavy atom. The first-order valence-electron chi connectivity index (χ1n) is 6.03. The molecule has 4 nitrogen and oxygen atoms in total. The summed E-state index contributed by atoms with van der Waals surface area (Å²) in [7, 11) is 1.64. The Morgan fingerprint density at radius 2 is 2.22 bits per heavy atom. The number of aryl methyl sites for hydroxylation is 2. The van der Waals surface area contributed by atoms with Crippen LogP contribution in [0.1, 0.15) is 18.9 Å². The SMILES string of the molecule is CCn1cc(CCC(=O)O)c2ccc(OC)cc21. The number of rotatable bonds is 5. The second kappa shape index (κ2) is 5.12. The predicted molar refractivity (Wildman–Crippen MR) is 70.1 cm³/mol. The van der Waals surface area contributed by atoms with Crippen LogP contribution in [0.4, 0.5) is 0 Å². The number of carboxylic acids is 1. The van der Waals surface area contributed by atoms with Crippen molar-refractivity contribution < 1.29 is 14.6 Å². The molecular formula is C14H17NO3. The van der Waals surface area contributed by atoms with Gasteiger partial charge in [0.1, 0.15) is 5.75 Å². The lowest BCUT2D eigenvalue weighted by Crippen LogP contribution is -1.97. The van der Waals surface area contributed by atoms with E-state index >= 15 is 0 Å². The van der Waals surface area contributed by atoms with E-state index in [2.05, 4.69) is 11.5 Å². The Kier molecular flexibility index (Phi) is 3.55. The Bertz CT molecular complexity index is 572. The van der Waals surface area contributed by atoms with Gasteiger partial charge >= 0.3 is 5.97 Å². The smallest absolute Gasteiger partial charge is 0.303 e. The molecule has 1 aromatic heterocycles. The number of carbonyl (C=O) groups is 1. The summed E-state index contributed by atoms with van der Waals surface area (Å²) in [5.74, 6) is 0.0565. The van der Waals surface area contributed by atoms with Crippen molar-refractivity contribution in [2.75, 3.05) is 7.11 Å². The molecule has 1 aromatic carbocycles. The van der Waals surface area contributed by atoms with E-state index in [4.69, 9.17) is 9.84 Å². The number of aromatic nitrogens is 1. The topological polar surface area (TPSA) is 51.5 Å². The molecule has 1 N–H and O–H groups in total. The van der Waals surface area contributed by atoms with Crippen molar-refractivity contribution in [2.45, 2.75) is 26.3 Å². The molecule has 0 amide bonds. The van der Waals surface area contributed by atoms with Crippen LogP contribution in [0.25, 0.3) is 10.9 Å². The van der Waals surface area contributed by atoms with E-state index < -0.39 is 5.97 Å². The summed E-state index contributed by atoms with van der Waals surface area (Å²) in [6.45, 7) is 2.93. The van der Waals surface area contributed by atoms with Crippen molar-refractivity contribution in [3.05, 3.63) is 30.0 Å². The van der Waals surface area contributed by atoms with Crippen molar-refractivity contribution >= 4 is 16.9 Å².